The normalized spacial score (nSPS) is 14.2. The molecular weight excluding hydrogens is 508 g/mol. The number of pyridine rings is 1. The van der Waals surface area contributed by atoms with Crippen LogP contribution >= 0.6 is 0 Å². The summed E-state index contributed by atoms with van der Waals surface area (Å²) < 4.78 is 36.8. The van der Waals surface area contributed by atoms with Crippen LogP contribution in [-0.4, -0.2) is 55.9 Å². The number of hydrogen-bond acceptors (Lipinski definition) is 8. The number of amidine groups is 1. The molecule has 2 aromatic carbocycles. The van der Waals surface area contributed by atoms with Crippen LogP contribution in [0.3, 0.4) is 0 Å². The van der Waals surface area contributed by atoms with Gasteiger partial charge in [0.05, 0.1) is 23.2 Å². The third kappa shape index (κ3) is 5.33. The smallest absolute Gasteiger partial charge is 0.286 e. The van der Waals surface area contributed by atoms with Crippen LogP contribution in [0.1, 0.15) is 25.8 Å². The number of sulfonamides is 1. The van der Waals surface area contributed by atoms with Gasteiger partial charge in [-0.3, -0.25) is 4.79 Å². The second-order valence-corrected chi connectivity index (χ2v) is 11.0. The molecule has 38 heavy (non-hydrogen) atoms. The van der Waals surface area contributed by atoms with Gasteiger partial charge in [0, 0.05) is 32.1 Å². The number of aromatic nitrogens is 1. The highest BCUT2D eigenvalue weighted by Crippen LogP contribution is 2.35. The molecule has 3 aromatic rings. The Labute approximate surface area is 220 Å². The monoisotopic (exact) mass is 536 g/mol. The zero-order chi connectivity index (χ0) is 27.6. The topological polar surface area (TPSA) is 149 Å². The Bertz CT molecular complexity index is 1670. The van der Waals surface area contributed by atoms with Gasteiger partial charge in [0.2, 0.25) is 0 Å². The first-order chi connectivity index (χ1) is 18.0. The molecule has 0 saturated carbocycles. The highest BCUT2D eigenvalue weighted by molar-refractivity contribution is 7.90. The third-order valence-corrected chi connectivity index (χ3v) is 7.14. The molecule has 1 aliphatic heterocycles. The zero-order valence-electron chi connectivity index (χ0n) is 21.5. The first kappa shape index (κ1) is 26.7. The van der Waals surface area contributed by atoms with Crippen molar-refractivity contribution in [2.24, 2.45) is 15.3 Å². The summed E-state index contributed by atoms with van der Waals surface area (Å²) in [5.74, 6) is -0.197. The van der Waals surface area contributed by atoms with Crippen LogP contribution in [0.5, 0.6) is 11.5 Å². The maximum absolute atomic E-state index is 13.7. The van der Waals surface area contributed by atoms with Crippen molar-refractivity contribution in [1.29, 1.82) is 5.26 Å². The van der Waals surface area contributed by atoms with Crippen molar-refractivity contribution in [3.8, 4) is 17.6 Å². The molecule has 0 saturated heterocycles. The van der Waals surface area contributed by atoms with Gasteiger partial charge >= 0.3 is 0 Å². The lowest BCUT2D eigenvalue weighted by Crippen LogP contribution is -2.33. The number of nitriles is 1. The highest BCUT2D eigenvalue weighted by atomic mass is 32.2. The van der Waals surface area contributed by atoms with Crippen LogP contribution in [0, 0.1) is 17.2 Å². The first-order valence-electron chi connectivity index (χ1n) is 11.9. The molecule has 0 aliphatic carbocycles. The van der Waals surface area contributed by atoms with Gasteiger partial charge in [-0.15, -0.1) is 4.40 Å². The molecule has 0 atom stereocenters. The molecule has 0 fully saturated rings. The predicted molar refractivity (Wildman–Crippen MR) is 146 cm³/mol. The number of fused-ring (bicyclic) bond motifs is 2. The number of aliphatic imine (C=N–C) groups is 1. The molecule has 2 N–H and O–H groups in total. The second-order valence-electron chi connectivity index (χ2n) is 9.42. The van der Waals surface area contributed by atoms with E-state index in [1.165, 1.54) is 22.8 Å². The largest absolute Gasteiger partial charge is 0.506 e. The van der Waals surface area contributed by atoms with E-state index >= 15 is 0 Å². The van der Waals surface area contributed by atoms with E-state index in [1.807, 2.05) is 34.0 Å². The van der Waals surface area contributed by atoms with Gasteiger partial charge in [-0.05, 0) is 42.7 Å². The summed E-state index contributed by atoms with van der Waals surface area (Å²) in [6.45, 7) is 4.18. The van der Waals surface area contributed by atoms with Crippen LogP contribution in [0.4, 0.5) is 11.4 Å². The molecule has 4 rings (SSSR count). The number of nitrogens with one attached hydrogen (secondary N) is 1. The Kier molecular flexibility index (Phi) is 7.41. The van der Waals surface area contributed by atoms with Gasteiger partial charge in [0.1, 0.15) is 28.0 Å². The Hall–Kier alpha value is -4.37. The van der Waals surface area contributed by atoms with Gasteiger partial charge in [0.25, 0.3) is 15.6 Å². The van der Waals surface area contributed by atoms with Crippen molar-refractivity contribution in [2.75, 3.05) is 26.0 Å². The van der Waals surface area contributed by atoms with Gasteiger partial charge in [-0.25, -0.2) is 4.99 Å². The lowest BCUT2D eigenvalue weighted by molar-refractivity contribution is 0.367. The number of rotatable bonds is 8. The Morgan fingerprint density at radius 2 is 2.03 bits per heavy atom. The van der Waals surface area contributed by atoms with Crippen molar-refractivity contribution in [2.45, 2.75) is 31.7 Å². The Morgan fingerprint density at radius 3 is 2.71 bits per heavy atom. The van der Waals surface area contributed by atoms with Gasteiger partial charge < -0.3 is 24.6 Å². The minimum Gasteiger partial charge on any atom is -0.506 e. The van der Waals surface area contributed by atoms with Crippen molar-refractivity contribution in [3.63, 3.8) is 0 Å². The SMILES string of the molecule is CC(C)CCn1c(=O)c(C2=NS(=O)(=O)c3cc(OCC#N)ccc3N2)c(O)c2cc(N=CN(C)C)ccc21. The summed E-state index contributed by atoms with van der Waals surface area (Å²) in [5.41, 5.74) is 0.381. The molecule has 0 unspecified atom stereocenters. The van der Waals surface area contributed by atoms with E-state index in [-0.39, 0.29) is 34.3 Å². The average Bonchev–Trinajstić information content (AvgIpc) is 2.86. The van der Waals surface area contributed by atoms with E-state index in [4.69, 9.17) is 10.00 Å². The molecule has 0 radical (unpaired) electrons. The number of nitrogens with zero attached hydrogens (tertiary/aromatic N) is 5. The minimum atomic E-state index is -4.26. The van der Waals surface area contributed by atoms with Crippen LogP contribution < -0.4 is 15.6 Å². The molecular formula is C26H28N6O5S. The van der Waals surface area contributed by atoms with Crippen molar-refractivity contribution >= 4 is 44.5 Å². The fourth-order valence-corrected chi connectivity index (χ4v) is 5.10. The van der Waals surface area contributed by atoms with E-state index in [0.717, 1.165) is 0 Å². The molecule has 0 amide bonds. The molecule has 198 valence electrons. The molecule has 2 heterocycles. The van der Waals surface area contributed by atoms with E-state index in [1.54, 1.807) is 29.4 Å². The second kappa shape index (κ2) is 10.5. The van der Waals surface area contributed by atoms with Crippen molar-refractivity contribution < 1.29 is 18.3 Å². The van der Waals surface area contributed by atoms with E-state index < -0.39 is 21.3 Å². The lowest BCUT2D eigenvalue weighted by Gasteiger charge is -2.21. The summed E-state index contributed by atoms with van der Waals surface area (Å²) in [5, 5.41) is 23.3. The standard InChI is InChI=1S/C26H28N6O5S/c1-16(2)9-11-32-21-8-5-17(28-15-31(3)4)13-19(21)24(33)23(26(32)34)25-29-20-7-6-18(37-12-10-27)14-22(20)38(35,36)30-25/h5-8,13-16,33H,9,11-12H2,1-4H3,(H,29,30). The van der Waals surface area contributed by atoms with Crippen LogP contribution in [0.25, 0.3) is 10.9 Å². The highest BCUT2D eigenvalue weighted by Gasteiger charge is 2.30. The summed E-state index contributed by atoms with van der Waals surface area (Å²) in [4.78, 5) is 19.7. The summed E-state index contributed by atoms with van der Waals surface area (Å²) in [6, 6.07) is 11.1. The van der Waals surface area contributed by atoms with E-state index in [0.29, 0.717) is 35.5 Å². The number of benzene rings is 2. The quantitative estimate of drug-likeness (QED) is 0.328. The fourth-order valence-electron chi connectivity index (χ4n) is 3.97. The zero-order valence-corrected chi connectivity index (χ0v) is 22.3. The van der Waals surface area contributed by atoms with Gasteiger partial charge in [-0.2, -0.15) is 13.7 Å². The average molecular weight is 537 g/mol. The predicted octanol–water partition coefficient (Wildman–Crippen LogP) is 3.44. The fraction of sp³-hybridized carbons (Fsp3) is 0.308. The van der Waals surface area contributed by atoms with Gasteiger partial charge in [0.15, 0.2) is 12.4 Å². The molecule has 0 bridgehead atoms. The summed E-state index contributed by atoms with van der Waals surface area (Å²) in [7, 11) is -0.611. The van der Waals surface area contributed by atoms with Gasteiger partial charge in [-0.1, -0.05) is 13.8 Å². The number of hydrogen-bond donors (Lipinski definition) is 2. The maximum atomic E-state index is 13.7. The molecule has 1 aliphatic rings. The molecule has 0 spiro atoms. The molecule has 11 nitrogen and oxygen atoms in total. The van der Waals surface area contributed by atoms with Crippen LogP contribution in [0.2, 0.25) is 0 Å². The Balaban J connectivity index is 1.91. The van der Waals surface area contributed by atoms with E-state index in [9.17, 15) is 18.3 Å². The number of aromatic hydroxyl groups is 1. The summed E-state index contributed by atoms with van der Waals surface area (Å²) >= 11 is 0. The number of aryl methyl sites for hydroxylation is 1. The van der Waals surface area contributed by atoms with E-state index in [2.05, 4.69) is 14.7 Å². The number of ether oxygens (including phenoxy) is 1. The molecule has 1 aromatic heterocycles. The third-order valence-electron chi connectivity index (χ3n) is 5.83. The lowest BCUT2D eigenvalue weighted by atomic mass is 10.1. The first-order valence-corrected chi connectivity index (χ1v) is 13.3. The summed E-state index contributed by atoms with van der Waals surface area (Å²) in [6.07, 6.45) is 2.30. The maximum Gasteiger partial charge on any atom is 0.286 e. The Morgan fingerprint density at radius 1 is 1.26 bits per heavy atom. The van der Waals surface area contributed by atoms with Crippen LogP contribution in [-0.2, 0) is 16.6 Å². The van der Waals surface area contributed by atoms with Crippen LogP contribution in [0.15, 0.2) is 55.5 Å². The minimum absolute atomic E-state index is 0.163. The molecule has 12 heteroatoms. The number of anilines is 1. The van der Waals surface area contributed by atoms with Crippen molar-refractivity contribution in [1.82, 2.24) is 9.47 Å². The van der Waals surface area contributed by atoms with Crippen molar-refractivity contribution in [3.05, 3.63) is 52.3 Å².